The van der Waals surface area contributed by atoms with Crippen LogP contribution in [0.15, 0.2) is 36.4 Å². The van der Waals surface area contributed by atoms with E-state index in [1.165, 1.54) is 5.56 Å². The molecule has 1 nitrogen and oxygen atoms in total. The molecule has 2 aromatic carbocycles. The predicted molar refractivity (Wildman–Crippen MR) is 88.3 cm³/mol. The van der Waals surface area contributed by atoms with E-state index >= 15 is 0 Å². The van der Waals surface area contributed by atoms with E-state index in [9.17, 15) is 13.2 Å². The molecule has 0 unspecified atom stereocenters. The molecule has 0 heterocycles. The highest BCUT2D eigenvalue weighted by Crippen LogP contribution is 2.36. The fourth-order valence-electron chi connectivity index (χ4n) is 3.57. The van der Waals surface area contributed by atoms with E-state index in [2.05, 4.69) is 0 Å². The standard InChI is InChI=1S/C20H21F3O/c1-24-12-13-2-4-14(5-3-13)15-6-8-16(9-7-15)17-10-18(21)20(23)19(22)11-17/h6-11,13-14H,2-5,12H2,1H3. The van der Waals surface area contributed by atoms with Crippen molar-refractivity contribution in [3.63, 3.8) is 0 Å². The van der Waals surface area contributed by atoms with Gasteiger partial charge in [0.2, 0.25) is 0 Å². The summed E-state index contributed by atoms with van der Waals surface area (Å²) in [6, 6.07) is 9.78. The summed E-state index contributed by atoms with van der Waals surface area (Å²) < 4.78 is 45.0. The summed E-state index contributed by atoms with van der Waals surface area (Å²) in [7, 11) is 1.74. The highest BCUT2D eigenvalue weighted by molar-refractivity contribution is 5.64. The lowest BCUT2D eigenvalue weighted by molar-refractivity contribution is 0.127. The normalized spacial score (nSPS) is 21.0. The largest absolute Gasteiger partial charge is 0.384 e. The van der Waals surface area contributed by atoms with Crippen molar-refractivity contribution in [3.05, 3.63) is 59.4 Å². The van der Waals surface area contributed by atoms with Crippen LogP contribution in [0.3, 0.4) is 0 Å². The maximum atomic E-state index is 13.4. The van der Waals surface area contributed by atoms with Crippen molar-refractivity contribution >= 4 is 0 Å². The van der Waals surface area contributed by atoms with Crippen molar-refractivity contribution < 1.29 is 17.9 Å². The molecule has 0 amide bonds. The van der Waals surface area contributed by atoms with E-state index in [0.717, 1.165) is 44.4 Å². The average molecular weight is 334 g/mol. The molecule has 1 saturated carbocycles. The second-order valence-electron chi connectivity index (χ2n) is 6.55. The number of methoxy groups -OCH3 is 1. The Labute approximate surface area is 140 Å². The van der Waals surface area contributed by atoms with Gasteiger partial charge in [0, 0.05) is 13.7 Å². The monoisotopic (exact) mass is 334 g/mol. The Morgan fingerprint density at radius 3 is 2.00 bits per heavy atom. The molecule has 24 heavy (non-hydrogen) atoms. The maximum absolute atomic E-state index is 13.4. The summed E-state index contributed by atoms with van der Waals surface area (Å²) in [5.41, 5.74) is 2.28. The highest BCUT2D eigenvalue weighted by Gasteiger charge is 2.22. The van der Waals surface area contributed by atoms with Crippen LogP contribution in [0.5, 0.6) is 0 Å². The van der Waals surface area contributed by atoms with E-state index in [4.69, 9.17) is 4.74 Å². The Kier molecular flexibility index (Phi) is 5.24. The third-order valence-electron chi connectivity index (χ3n) is 4.95. The minimum absolute atomic E-state index is 0.349. The molecule has 0 spiro atoms. The van der Waals surface area contributed by atoms with Gasteiger partial charge in [-0.1, -0.05) is 24.3 Å². The molecule has 1 aliphatic rings. The first-order valence-electron chi connectivity index (χ1n) is 8.32. The van der Waals surface area contributed by atoms with Gasteiger partial charge in [-0.05, 0) is 66.3 Å². The van der Waals surface area contributed by atoms with Crippen molar-refractivity contribution in [2.24, 2.45) is 5.92 Å². The fourth-order valence-corrected chi connectivity index (χ4v) is 3.57. The van der Waals surface area contributed by atoms with Crippen molar-refractivity contribution in [3.8, 4) is 11.1 Å². The predicted octanol–water partition coefficient (Wildman–Crippen LogP) is 5.69. The Morgan fingerprint density at radius 1 is 0.875 bits per heavy atom. The third-order valence-corrected chi connectivity index (χ3v) is 4.95. The van der Waals surface area contributed by atoms with Gasteiger partial charge in [0.1, 0.15) is 0 Å². The van der Waals surface area contributed by atoms with Gasteiger partial charge in [-0.15, -0.1) is 0 Å². The van der Waals surface area contributed by atoms with Crippen LogP contribution < -0.4 is 0 Å². The zero-order chi connectivity index (χ0) is 17.1. The van der Waals surface area contributed by atoms with E-state index in [0.29, 0.717) is 23.0 Å². The molecule has 2 aromatic rings. The van der Waals surface area contributed by atoms with Gasteiger partial charge in [0.05, 0.1) is 0 Å². The molecule has 0 atom stereocenters. The SMILES string of the molecule is COCC1CCC(c2ccc(-c3cc(F)c(F)c(F)c3)cc2)CC1. The van der Waals surface area contributed by atoms with Crippen LogP contribution >= 0.6 is 0 Å². The Morgan fingerprint density at radius 2 is 1.46 bits per heavy atom. The van der Waals surface area contributed by atoms with Crippen LogP contribution in [-0.2, 0) is 4.74 Å². The van der Waals surface area contributed by atoms with Crippen LogP contribution in [0.1, 0.15) is 37.2 Å². The summed E-state index contributed by atoms with van der Waals surface area (Å²) in [5, 5.41) is 0. The number of benzene rings is 2. The number of hydrogen-bond acceptors (Lipinski definition) is 1. The quantitative estimate of drug-likeness (QED) is 0.653. The maximum Gasteiger partial charge on any atom is 0.194 e. The van der Waals surface area contributed by atoms with E-state index in [-0.39, 0.29) is 0 Å². The molecule has 4 heteroatoms. The fraction of sp³-hybridized carbons (Fsp3) is 0.400. The Hall–Kier alpha value is -1.81. The first-order valence-corrected chi connectivity index (χ1v) is 8.32. The lowest BCUT2D eigenvalue weighted by Crippen LogP contribution is -2.17. The summed E-state index contributed by atoms with van der Waals surface area (Å²) in [6.07, 6.45) is 4.59. The Bertz CT molecular complexity index is 666. The lowest BCUT2D eigenvalue weighted by Gasteiger charge is -2.28. The minimum atomic E-state index is -1.43. The van der Waals surface area contributed by atoms with Gasteiger partial charge >= 0.3 is 0 Å². The van der Waals surface area contributed by atoms with Gasteiger partial charge in [0.15, 0.2) is 17.5 Å². The molecule has 0 bridgehead atoms. The first-order chi connectivity index (χ1) is 11.6. The van der Waals surface area contributed by atoms with E-state index in [1.807, 2.05) is 24.3 Å². The first kappa shape index (κ1) is 17.0. The lowest BCUT2D eigenvalue weighted by atomic mass is 9.79. The molecule has 0 N–H and O–H groups in total. The topological polar surface area (TPSA) is 9.23 Å². The zero-order valence-electron chi connectivity index (χ0n) is 13.7. The molecule has 0 saturated heterocycles. The van der Waals surface area contributed by atoms with Crippen LogP contribution in [0.4, 0.5) is 13.2 Å². The van der Waals surface area contributed by atoms with Crippen LogP contribution in [0.25, 0.3) is 11.1 Å². The summed E-state index contributed by atoms with van der Waals surface area (Å²) >= 11 is 0. The van der Waals surface area contributed by atoms with Crippen LogP contribution in [0.2, 0.25) is 0 Å². The average Bonchev–Trinajstić information content (AvgIpc) is 2.60. The van der Waals surface area contributed by atoms with Gasteiger partial charge in [-0.2, -0.15) is 0 Å². The van der Waals surface area contributed by atoms with E-state index < -0.39 is 17.5 Å². The molecular formula is C20H21F3O. The molecule has 128 valence electrons. The van der Waals surface area contributed by atoms with Crippen molar-refractivity contribution in [2.75, 3.05) is 13.7 Å². The second-order valence-corrected chi connectivity index (χ2v) is 6.55. The van der Waals surface area contributed by atoms with Gasteiger partial charge in [-0.25, -0.2) is 13.2 Å². The zero-order valence-corrected chi connectivity index (χ0v) is 13.7. The molecule has 0 radical (unpaired) electrons. The number of halogens is 3. The molecule has 1 aliphatic carbocycles. The number of hydrogen-bond donors (Lipinski definition) is 0. The number of ether oxygens (including phenoxy) is 1. The van der Waals surface area contributed by atoms with Crippen LogP contribution in [-0.4, -0.2) is 13.7 Å². The molecule has 0 aromatic heterocycles. The molecular weight excluding hydrogens is 313 g/mol. The van der Waals surface area contributed by atoms with E-state index in [1.54, 1.807) is 7.11 Å². The molecule has 3 rings (SSSR count). The van der Waals surface area contributed by atoms with Crippen molar-refractivity contribution in [1.29, 1.82) is 0 Å². The molecule has 1 fully saturated rings. The highest BCUT2D eigenvalue weighted by atomic mass is 19.2. The van der Waals surface area contributed by atoms with Gasteiger partial charge in [-0.3, -0.25) is 0 Å². The summed E-state index contributed by atoms with van der Waals surface area (Å²) in [5.74, 6) is -2.58. The second kappa shape index (κ2) is 7.39. The van der Waals surface area contributed by atoms with Crippen molar-refractivity contribution in [1.82, 2.24) is 0 Å². The van der Waals surface area contributed by atoms with Gasteiger partial charge in [0.25, 0.3) is 0 Å². The minimum Gasteiger partial charge on any atom is -0.384 e. The molecule has 0 aliphatic heterocycles. The summed E-state index contributed by atoms with van der Waals surface area (Å²) in [6.45, 7) is 0.827. The van der Waals surface area contributed by atoms with Crippen LogP contribution in [0, 0.1) is 23.4 Å². The third kappa shape index (κ3) is 3.64. The summed E-state index contributed by atoms with van der Waals surface area (Å²) in [4.78, 5) is 0. The Balaban J connectivity index is 1.72. The van der Waals surface area contributed by atoms with Gasteiger partial charge < -0.3 is 4.74 Å². The van der Waals surface area contributed by atoms with Crippen molar-refractivity contribution in [2.45, 2.75) is 31.6 Å². The number of rotatable bonds is 4. The smallest absolute Gasteiger partial charge is 0.194 e.